The van der Waals surface area contributed by atoms with E-state index in [4.69, 9.17) is 5.73 Å². The lowest BCUT2D eigenvalue weighted by Crippen LogP contribution is -2.32. The third-order valence-electron chi connectivity index (χ3n) is 3.86. The van der Waals surface area contributed by atoms with E-state index in [0.717, 1.165) is 12.0 Å². The maximum Gasteiger partial charge on any atom is 0.223 e. The number of hydrogen-bond donors (Lipinski definition) is 1. The first-order valence-corrected chi connectivity index (χ1v) is 7.46. The lowest BCUT2D eigenvalue weighted by molar-refractivity contribution is -0.132. The first-order chi connectivity index (χ1) is 9.45. The summed E-state index contributed by atoms with van der Waals surface area (Å²) in [6.45, 7) is 6.98. The van der Waals surface area contributed by atoms with Gasteiger partial charge in [0.1, 0.15) is 0 Å². The molecule has 0 radical (unpaired) electrons. The van der Waals surface area contributed by atoms with Gasteiger partial charge in [-0.1, -0.05) is 44.2 Å². The number of nitrogens with zero attached hydrogens (tertiary/aromatic N) is 1. The molecule has 0 saturated carbocycles. The van der Waals surface area contributed by atoms with Crippen LogP contribution in [-0.2, 0) is 4.79 Å². The minimum Gasteiger partial charge on any atom is -0.339 e. The van der Waals surface area contributed by atoms with Crippen molar-refractivity contribution < 1.29 is 4.79 Å². The van der Waals surface area contributed by atoms with E-state index < -0.39 is 0 Å². The Morgan fingerprint density at radius 1 is 1.20 bits per heavy atom. The summed E-state index contributed by atoms with van der Waals surface area (Å²) in [7, 11) is 1.88. The second-order valence-corrected chi connectivity index (χ2v) is 6.03. The minimum absolute atomic E-state index is 0.0983. The molecule has 0 fully saturated rings. The SMILES string of the molecule is CC(C)C[C@H](CN)CC(=O)N(C)C(C)c1ccccc1. The summed E-state index contributed by atoms with van der Waals surface area (Å²) >= 11 is 0. The average Bonchev–Trinajstić information content (AvgIpc) is 2.45. The molecule has 3 heteroatoms. The fraction of sp³-hybridized carbons (Fsp3) is 0.588. The summed E-state index contributed by atoms with van der Waals surface area (Å²) < 4.78 is 0. The summed E-state index contributed by atoms with van der Waals surface area (Å²) in [6.07, 6.45) is 1.55. The molecule has 0 saturated heterocycles. The molecule has 0 spiro atoms. The van der Waals surface area contributed by atoms with E-state index in [-0.39, 0.29) is 17.9 Å². The smallest absolute Gasteiger partial charge is 0.223 e. The lowest BCUT2D eigenvalue weighted by Gasteiger charge is -2.27. The van der Waals surface area contributed by atoms with Crippen LogP contribution >= 0.6 is 0 Å². The Balaban J connectivity index is 2.62. The third-order valence-corrected chi connectivity index (χ3v) is 3.86. The van der Waals surface area contributed by atoms with Crippen LogP contribution in [0.25, 0.3) is 0 Å². The molecule has 3 nitrogen and oxygen atoms in total. The molecule has 1 aromatic rings. The van der Waals surface area contributed by atoms with Crippen LogP contribution in [-0.4, -0.2) is 24.4 Å². The zero-order valence-electron chi connectivity index (χ0n) is 13.2. The van der Waals surface area contributed by atoms with E-state index in [0.29, 0.717) is 18.9 Å². The predicted octanol–water partition coefficient (Wildman–Crippen LogP) is 3.22. The van der Waals surface area contributed by atoms with Gasteiger partial charge < -0.3 is 10.6 Å². The van der Waals surface area contributed by atoms with Gasteiger partial charge >= 0.3 is 0 Å². The standard InChI is InChI=1S/C17H28N2O/c1-13(2)10-15(12-18)11-17(20)19(4)14(3)16-8-6-5-7-9-16/h5-9,13-15H,10-12,18H2,1-4H3/t14?,15-/m0/s1. The van der Waals surface area contributed by atoms with Gasteiger partial charge in [0.25, 0.3) is 0 Å². The highest BCUT2D eigenvalue weighted by molar-refractivity contribution is 5.76. The molecule has 0 aliphatic carbocycles. The summed E-state index contributed by atoms with van der Waals surface area (Å²) in [5.41, 5.74) is 6.95. The zero-order chi connectivity index (χ0) is 15.1. The topological polar surface area (TPSA) is 46.3 Å². The van der Waals surface area contributed by atoms with Crippen LogP contribution in [0.3, 0.4) is 0 Å². The van der Waals surface area contributed by atoms with Gasteiger partial charge in [0.05, 0.1) is 6.04 Å². The van der Waals surface area contributed by atoms with Crippen molar-refractivity contribution in [2.45, 2.75) is 39.7 Å². The molecule has 2 atom stereocenters. The Hall–Kier alpha value is -1.35. The first kappa shape index (κ1) is 16.7. The van der Waals surface area contributed by atoms with Crippen molar-refractivity contribution in [3.63, 3.8) is 0 Å². The second-order valence-electron chi connectivity index (χ2n) is 6.03. The zero-order valence-corrected chi connectivity index (χ0v) is 13.2. The molecule has 1 unspecified atom stereocenters. The van der Waals surface area contributed by atoms with E-state index in [9.17, 15) is 4.79 Å². The summed E-state index contributed by atoms with van der Waals surface area (Å²) in [5.74, 6) is 1.04. The molecule has 1 rings (SSSR count). The van der Waals surface area contributed by atoms with E-state index in [1.165, 1.54) is 0 Å². The van der Waals surface area contributed by atoms with Crippen molar-refractivity contribution >= 4 is 5.91 Å². The number of carbonyl (C=O) groups excluding carboxylic acids is 1. The van der Waals surface area contributed by atoms with Crippen LogP contribution < -0.4 is 5.73 Å². The number of amides is 1. The minimum atomic E-state index is 0.0983. The summed E-state index contributed by atoms with van der Waals surface area (Å²) in [4.78, 5) is 14.2. The number of carbonyl (C=O) groups is 1. The van der Waals surface area contributed by atoms with Crippen LogP contribution in [0.4, 0.5) is 0 Å². The Morgan fingerprint density at radius 3 is 2.30 bits per heavy atom. The molecule has 0 heterocycles. The van der Waals surface area contributed by atoms with Crippen molar-refractivity contribution in [2.24, 2.45) is 17.6 Å². The van der Waals surface area contributed by atoms with Crippen molar-refractivity contribution in [2.75, 3.05) is 13.6 Å². The highest BCUT2D eigenvalue weighted by Gasteiger charge is 2.21. The van der Waals surface area contributed by atoms with E-state index in [2.05, 4.69) is 32.9 Å². The fourth-order valence-electron chi connectivity index (χ4n) is 2.49. The maximum absolute atomic E-state index is 12.4. The highest BCUT2D eigenvalue weighted by atomic mass is 16.2. The molecule has 0 bridgehead atoms. The third kappa shape index (κ3) is 4.97. The fourth-order valence-corrected chi connectivity index (χ4v) is 2.49. The Labute approximate surface area is 123 Å². The van der Waals surface area contributed by atoms with Gasteiger partial charge in [-0.3, -0.25) is 4.79 Å². The lowest BCUT2D eigenvalue weighted by atomic mass is 9.93. The first-order valence-electron chi connectivity index (χ1n) is 7.46. The highest BCUT2D eigenvalue weighted by Crippen LogP contribution is 2.21. The normalized spacial score (nSPS) is 14.1. The van der Waals surface area contributed by atoms with Crippen LogP contribution in [0.1, 0.15) is 45.2 Å². The molecule has 0 aliphatic heterocycles. The molecule has 20 heavy (non-hydrogen) atoms. The van der Waals surface area contributed by atoms with Crippen molar-refractivity contribution in [1.82, 2.24) is 4.90 Å². The van der Waals surface area contributed by atoms with Gasteiger partial charge in [-0.2, -0.15) is 0 Å². The number of hydrogen-bond acceptors (Lipinski definition) is 2. The van der Waals surface area contributed by atoms with Gasteiger partial charge in [-0.25, -0.2) is 0 Å². The maximum atomic E-state index is 12.4. The second kappa shape index (κ2) is 8.05. The Morgan fingerprint density at radius 2 is 1.80 bits per heavy atom. The van der Waals surface area contributed by atoms with Gasteiger partial charge in [0.2, 0.25) is 5.91 Å². The van der Waals surface area contributed by atoms with Gasteiger partial charge in [-0.15, -0.1) is 0 Å². The van der Waals surface area contributed by atoms with Crippen LogP contribution in [0.5, 0.6) is 0 Å². The largest absolute Gasteiger partial charge is 0.339 e. The molecule has 0 aliphatic rings. The van der Waals surface area contributed by atoms with Crippen molar-refractivity contribution in [1.29, 1.82) is 0 Å². The molecule has 112 valence electrons. The molecule has 1 aromatic carbocycles. The van der Waals surface area contributed by atoms with Gasteiger partial charge in [0, 0.05) is 13.5 Å². The van der Waals surface area contributed by atoms with E-state index >= 15 is 0 Å². The molecule has 2 N–H and O–H groups in total. The molecular formula is C17H28N2O. The van der Waals surface area contributed by atoms with Gasteiger partial charge in [-0.05, 0) is 37.3 Å². The molecule has 1 amide bonds. The number of nitrogens with two attached hydrogens (primary N) is 1. The summed E-state index contributed by atoms with van der Waals surface area (Å²) in [5, 5.41) is 0. The Kier molecular flexibility index (Phi) is 6.73. The van der Waals surface area contributed by atoms with Gasteiger partial charge in [0.15, 0.2) is 0 Å². The summed E-state index contributed by atoms with van der Waals surface area (Å²) in [6, 6.07) is 10.2. The van der Waals surface area contributed by atoms with Crippen LogP contribution in [0.2, 0.25) is 0 Å². The van der Waals surface area contributed by atoms with Crippen LogP contribution in [0.15, 0.2) is 30.3 Å². The van der Waals surface area contributed by atoms with Crippen LogP contribution in [0, 0.1) is 11.8 Å². The van der Waals surface area contributed by atoms with Crippen molar-refractivity contribution in [3.05, 3.63) is 35.9 Å². The average molecular weight is 276 g/mol. The number of rotatable bonds is 7. The monoisotopic (exact) mass is 276 g/mol. The number of benzene rings is 1. The van der Waals surface area contributed by atoms with E-state index in [1.807, 2.05) is 30.1 Å². The molecular weight excluding hydrogens is 248 g/mol. The molecule has 0 aromatic heterocycles. The van der Waals surface area contributed by atoms with Crippen molar-refractivity contribution in [3.8, 4) is 0 Å². The Bertz CT molecular complexity index is 403. The van der Waals surface area contributed by atoms with E-state index in [1.54, 1.807) is 0 Å². The quantitative estimate of drug-likeness (QED) is 0.831. The predicted molar refractivity (Wildman–Crippen MR) is 84.2 cm³/mol.